The smallest absolute Gasteiger partial charge is 0.263 e. The number of fused-ring (bicyclic) bond motifs is 1. The third kappa shape index (κ3) is 2.15. The normalized spacial score (nSPS) is 20.5. The van der Waals surface area contributed by atoms with Crippen LogP contribution in [-0.2, 0) is 0 Å². The van der Waals surface area contributed by atoms with E-state index in [0.717, 1.165) is 21.0 Å². The summed E-state index contributed by atoms with van der Waals surface area (Å²) >= 11 is 4.94. The van der Waals surface area contributed by atoms with Crippen LogP contribution in [0.15, 0.2) is 22.7 Å². The second kappa shape index (κ2) is 4.21. The van der Waals surface area contributed by atoms with Gasteiger partial charge in [-0.15, -0.1) is 11.3 Å². The van der Waals surface area contributed by atoms with Gasteiger partial charge in [0.25, 0.3) is 5.91 Å². The highest BCUT2D eigenvalue weighted by Gasteiger charge is 2.46. The molecular weight excluding hydrogens is 324 g/mol. The first-order valence-electron chi connectivity index (χ1n) is 6.17. The molecule has 0 saturated heterocycles. The van der Waals surface area contributed by atoms with E-state index in [1.165, 1.54) is 11.3 Å². The molecule has 1 aromatic heterocycles. The summed E-state index contributed by atoms with van der Waals surface area (Å²) < 4.78 is 1.97. The summed E-state index contributed by atoms with van der Waals surface area (Å²) in [5.74, 6) is -0.0545. The molecule has 1 amide bonds. The molecule has 1 aliphatic rings. The van der Waals surface area contributed by atoms with Crippen LogP contribution in [0.1, 0.15) is 29.9 Å². The van der Waals surface area contributed by atoms with Crippen molar-refractivity contribution in [3.05, 3.63) is 27.5 Å². The topological polar surface area (TPSA) is 55.1 Å². The molecule has 1 aliphatic carbocycles. The van der Waals surface area contributed by atoms with Crippen molar-refractivity contribution in [2.45, 2.75) is 26.3 Å². The number of benzene rings is 1. The first-order valence-corrected chi connectivity index (χ1v) is 7.78. The first kappa shape index (κ1) is 12.9. The van der Waals surface area contributed by atoms with E-state index in [-0.39, 0.29) is 17.4 Å². The lowest BCUT2D eigenvalue weighted by Crippen LogP contribution is -2.28. The number of rotatable bonds is 2. The fraction of sp³-hybridized carbons (Fsp3) is 0.357. The Labute approximate surface area is 124 Å². The molecule has 0 radical (unpaired) electrons. The van der Waals surface area contributed by atoms with E-state index >= 15 is 0 Å². The van der Waals surface area contributed by atoms with Crippen molar-refractivity contribution < 1.29 is 4.79 Å². The summed E-state index contributed by atoms with van der Waals surface area (Å²) in [5, 5.41) is 4.00. The minimum atomic E-state index is -0.0545. The van der Waals surface area contributed by atoms with Gasteiger partial charge in [0.05, 0.1) is 5.69 Å². The molecule has 1 atom stereocenters. The maximum atomic E-state index is 12.3. The van der Waals surface area contributed by atoms with Crippen LogP contribution in [0.25, 0.3) is 10.1 Å². The van der Waals surface area contributed by atoms with E-state index in [4.69, 9.17) is 5.73 Å². The molecule has 1 heterocycles. The lowest BCUT2D eigenvalue weighted by molar-refractivity contribution is 0.0951. The molecule has 2 aromatic rings. The maximum absolute atomic E-state index is 12.3. The Balaban J connectivity index is 1.95. The van der Waals surface area contributed by atoms with Gasteiger partial charge in [0.15, 0.2) is 0 Å². The van der Waals surface area contributed by atoms with Crippen molar-refractivity contribution in [1.82, 2.24) is 5.32 Å². The van der Waals surface area contributed by atoms with Crippen molar-refractivity contribution in [2.75, 3.05) is 5.73 Å². The monoisotopic (exact) mass is 338 g/mol. The molecule has 3 rings (SSSR count). The summed E-state index contributed by atoms with van der Waals surface area (Å²) in [6.07, 6.45) is 1.03. The van der Waals surface area contributed by atoms with Crippen LogP contribution in [0.3, 0.4) is 0 Å². The maximum Gasteiger partial charge on any atom is 0.263 e. The zero-order chi connectivity index (χ0) is 13.8. The molecule has 5 heteroatoms. The van der Waals surface area contributed by atoms with Crippen molar-refractivity contribution in [3.63, 3.8) is 0 Å². The zero-order valence-electron chi connectivity index (χ0n) is 10.8. The summed E-state index contributed by atoms with van der Waals surface area (Å²) in [4.78, 5) is 12.9. The molecule has 1 fully saturated rings. The number of carbonyl (C=O) groups is 1. The average Bonchev–Trinajstić information content (AvgIpc) is 2.78. The van der Waals surface area contributed by atoms with Crippen molar-refractivity contribution in [3.8, 4) is 0 Å². The second-order valence-electron chi connectivity index (χ2n) is 5.68. The molecule has 0 bridgehead atoms. The Hall–Kier alpha value is -1.07. The van der Waals surface area contributed by atoms with E-state index in [1.54, 1.807) is 0 Å². The fourth-order valence-corrected chi connectivity index (χ4v) is 4.00. The third-order valence-corrected chi connectivity index (χ3v) is 5.56. The number of nitrogen functional groups attached to an aromatic ring is 1. The van der Waals surface area contributed by atoms with Crippen LogP contribution in [0.4, 0.5) is 5.69 Å². The molecule has 0 aliphatic heterocycles. The van der Waals surface area contributed by atoms with Crippen LogP contribution >= 0.6 is 27.3 Å². The van der Waals surface area contributed by atoms with Crippen LogP contribution in [0, 0.1) is 5.41 Å². The van der Waals surface area contributed by atoms with Gasteiger partial charge in [-0.2, -0.15) is 0 Å². The number of hydrogen-bond donors (Lipinski definition) is 2. The molecule has 3 N–H and O–H groups in total. The Morgan fingerprint density at radius 1 is 1.53 bits per heavy atom. The average molecular weight is 339 g/mol. The summed E-state index contributed by atoms with van der Waals surface area (Å²) in [6.45, 7) is 4.31. The Morgan fingerprint density at radius 2 is 2.21 bits per heavy atom. The molecule has 100 valence electrons. The number of nitrogens with one attached hydrogen (secondary N) is 1. The van der Waals surface area contributed by atoms with Crippen molar-refractivity contribution in [1.29, 1.82) is 0 Å². The number of anilines is 1. The van der Waals surface area contributed by atoms with E-state index in [9.17, 15) is 4.79 Å². The number of halogens is 1. The van der Waals surface area contributed by atoms with Crippen molar-refractivity contribution in [2.24, 2.45) is 5.41 Å². The number of nitrogens with two attached hydrogens (primary N) is 1. The SMILES string of the molecule is CC1(C)CC1NC(=O)c1sc2cccc(Br)c2c1N. The molecule has 19 heavy (non-hydrogen) atoms. The third-order valence-electron chi connectivity index (χ3n) is 3.73. The Morgan fingerprint density at radius 3 is 2.79 bits per heavy atom. The summed E-state index contributed by atoms with van der Waals surface area (Å²) in [6, 6.07) is 6.15. The van der Waals surface area contributed by atoms with Crippen LogP contribution in [0.5, 0.6) is 0 Å². The van der Waals surface area contributed by atoms with Gasteiger partial charge in [0, 0.05) is 20.6 Å². The molecule has 1 saturated carbocycles. The van der Waals surface area contributed by atoms with Gasteiger partial charge < -0.3 is 11.1 Å². The Kier molecular flexibility index (Phi) is 2.87. The minimum absolute atomic E-state index is 0.0545. The lowest BCUT2D eigenvalue weighted by Gasteiger charge is -2.06. The Bertz CT molecular complexity index is 677. The van der Waals surface area contributed by atoms with Crippen LogP contribution in [0.2, 0.25) is 0 Å². The molecule has 3 nitrogen and oxygen atoms in total. The number of carbonyl (C=O) groups excluding carboxylic acids is 1. The highest BCUT2D eigenvalue weighted by molar-refractivity contribution is 9.10. The van der Waals surface area contributed by atoms with E-state index in [2.05, 4.69) is 35.1 Å². The highest BCUT2D eigenvalue weighted by Crippen LogP contribution is 2.45. The van der Waals surface area contributed by atoms with Crippen LogP contribution < -0.4 is 11.1 Å². The summed E-state index contributed by atoms with van der Waals surface area (Å²) in [5.41, 5.74) is 6.92. The first-order chi connectivity index (χ1) is 8.90. The quantitative estimate of drug-likeness (QED) is 0.875. The largest absolute Gasteiger partial charge is 0.397 e. The molecule has 0 spiro atoms. The van der Waals surface area contributed by atoms with Gasteiger partial charge >= 0.3 is 0 Å². The molecule has 1 unspecified atom stereocenters. The highest BCUT2D eigenvalue weighted by atomic mass is 79.9. The van der Waals surface area contributed by atoms with Gasteiger partial charge in [-0.05, 0) is 24.0 Å². The molecular formula is C14H15BrN2OS. The predicted octanol–water partition coefficient (Wildman–Crippen LogP) is 3.77. The minimum Gasteiger partial charge on any atom is -0.397 e. The van der Waals surface area contributed by atoms with Gasteiger partial charge in [-0.25, -0.2) is 0 Å². The fourth-order valence-electron chi connectivity index (χ4n) is 2.24. The number of hydrogen-bond acceptors (Lipinski definition) is 3. The van der Waals surface area contributed by atoms with Crippen LogP contribution in [-0.4, -0.2) is 11.9 Å². The van der Waals surface area contributed by atoms with Crippen molar-refractivity contribution >= 4 is 48.9 Å². The van der Waals surface area contributed by atoms with Gasteiger partial charge in [0.2, 0.25) is 0 Å². The number of thiophene rings is 1. The van der Waals surface area contributed by atoms with Gasteiger partial charge in [-0.1, -0.05) is 35.8 Å². The van der Waals surface area contributed by atoms with E-state index in [1.807, 2.05) is 18.2 Å². The van der Waals surface area contributed by atoms with Gasteiger partial charge in [-0.3, -0.25) is 4.79 Å². The molecule has 1 aromatic carbocycles. The summed E-state index contributed by atoms with van der Waals surface area (Å²) in [7, 11) is 0. The van der Waals surface area contributed by atoms with Gasteiger partial charge in [0.1, 0.15) is 4.88 Å². The second-order valence-corrected chi connectivity index (χ2v) is 7.58. The zero-order valence-corrected chi connectivity index (χ0v) is 13.2. The van der Waals surface area contributed by atoms with E-state index in [0.29, 0.717) is 10.6 Å². The predicted molar refractivity (Wildman–Crippen MR) is 83.6 cm³/mol. The van der Waals surface area contributed by atoms with E-state index < -0.39 is 0 Å². The lowest BCUT2D eigenvalue weighted by atomic mass is 10.2. The number of amides is 1. The standard InChI is InChI=1S/C14H15BrN2OS/c1-14(2)6-9(14)17-13(18)12-11(16)10-7(15)4-3-5-8(10)19-12/h3-5,9H,6,16H2,1-2H3,(H,17,18).